The van der Waals surface area contributed by atoms with Crippen LogP contribution in [0.1, 0.15) is 63.1 Å². The summed E-state index contributed by atoms with van der Waals surface area (Å²) in [6.45, 7) is 7.83. The normalized spacial score (nSPS) is 12.3. The van der Waals surface area contributed by atoms with Crippen molar-refractivity contribution < 1.29 is 9.59 Å². The smallest absolute Gasteiger partial charge is 0.243 e. The third-order valence-electron chi connectivity index (χ3n) is 6.06. The molecule has 3 aromatic rings. The van der Waals surface area contributed by atoms with Crippen molar-refractivity contribution in [2.45, 2.75) is 64.6 Å². The van der Waals surface area contributed by atoms with Crippen molar-refractivity contribution in [2.24, 2.45) is 0 Å². The highest BCUT2D eigenvalue weighted by atomic mass is 35.5. The first-order valence-corrected chi connectivity index (χ1v) is 13.0. The van der Waals surface area contributed by atoms with Crippen molar-refractivity contribution in [1.29, 1.82) is 0 Å². The summed E-state index contributed by atoms with van der Waals surface area (Å²) in [5, 5.41) is 3.97. The molecule has 6 heteroatoms. The molecule has 36 heavy (non-hydrogen) atoms. The molecular weight excluding hydrogens is 491 g/mol. The van der Waals surface area contributed by atoms with Gasteiger partial charge in [0.2, 0.25) is 11.8 Å². The Morgan fingerprint density at radius 3 is 1.78 bits per heavy atom. The van der Waals surface area contributed by atoms with Crippen LogP contribution in [0.3, 0.4) is 0 Å². The molecule has 1 N–H and O–H groups in total. The summed E-state index contributed by atoms with van der Waals surface area (Å²) < 4.78 is 0. The van der Waals surface area contributed by atoms with Gasteiger partial charge in [0, 0.05) is 40.0 Å². The topological polar surface area (TPSA) is 49.4 Å². The van der Waals surface area contributed by atoms with Gasteiger partial charge in [0.05, 0.1) is 0 Å². The molecule has 3 rings (SSSR count). The predicted octanol–water partition coefficient (Wildman–Crippen LogP) is 7.24. The average molecular weight is 526 g/mol. The number of carbonyl (C=O) groups is 2. The third kappa shape index (κ3) is 7.35. The Balaban J connectivity index is 2.01. The van der Waals surface area contributed by atoms with E-state index in [1.54, 1.807) is 23.1 Å². The fourth-order valence-electron chi connectivity index (χ4n) is 4.32. The van der Waals surface area contributed by atoms with Crippen LogP contribution in [0.25, 0.3) is 0 Å². The highest BCUT2D eigenvalue weighted by molar-refractivity contribution is 6.36. The number of nitrogens with zero attached hydrogens (tertiary/aromatic N) is 1. The molecule has 4 nitrogen and oxygen atoms in total. The summed E-state index contributed by atoms with van der Waals surface area (Å²) in [4.78, 5) is 29.0. The summed E-state index contributed by atoms with van der Waals surface area (Å²) in [7, 11) is 0. The van der Waals surface area contributed by atoms with Crippen molar-refractivity contribution in [3.05, 3.63) is 106 Å². The van der Waals surface area contributed by atoms with E-state index in [4.69, 9.17) is 23.2 Å². The summed E-state index contributed by atoms with van der Waals surface area (Å²) in [5.74, 6) is -0.496. The molecule has 0 unspecified atom stereocenters. The molecule has 1 atom stereocenters. The number of amides is 2. The van der Waals surface area contributed by atoms with Crippen molar-refractivity contribution in [1.82, 2.24) is 10.2 Å². The van der Waals surface area contributed by atoms with Crippen molar-refractivity contribution in [2.75, 3.05) is 0 Å². The monoisotopic (exact) mass is 524 g/mol. The molecule has 0 bridgehead atoms. The first-order valence-electron chi connectivity index (χ1n) is 12.2. The lowest BCUT2D eigenvalue weighted by Crippen LogP contribution is -2.53. The first-order chi connectivity index (χ1) is 17.1. The Morgan fingerprint density at radius 1 is 0.833 bits per heavy atom. The van der Waals surface area contributed by atoms with Crippen LogP contribution in [0.4, 0.5) is 0 Å². The molecule has 0 saturated carbocycles. The minimum absolute atomic E-state index is 0.139. The van der Waals surface area contributed by atoms with Crippen molar-refractivity contribution in [3.8, 4) is 0 Å². The number of hydrogen-bond donors (Lipinski definition) is 1. The van der Waals surface area contributed by atoms with E-state index in [2.05, 4.69) is 5.32 Å². The average Bonchev–Trinajstić information content (AvgIpc) is 2.84. The van der Waals surface area contributed by atoms with Crippen LogP contribution in [-0.2, 0) is 16.1 Å². The number of rotatable bonds is 9. The SMILES string of the molecule is CC[C@@H](C(=O)NC(C)(C)C)N(Cc1c(Cl)cccc1Cl)C(=O)CC(c1ccccc1)c1ccccc1. The minimum atomic E-state index is -0.670. The van der Waals surface area contributed by atoms with E-state index in [1.165, 1.54) is 0 Å². The summed E-state index contributed by atoms with van der Waals surface area (Å²) in [5.41, 5.74) is 2.28. The molecular formula is C30H34Cl2N2O2. The summed E-state index contributed by atoms with van der Waals surface area (Å²) >= 11 is 13.0. The molecule has 2 amide bonds. The van der Waals surface area contributed by atoms with E-state index in [0.29, 0.717) is 22.0 Å². The van der Waals surface area contributed by atoms with E-state index in [1.807, 2.05) is 88.4 Å². The maximum absolute atomic E-state index is 14.1. The van der Waals surface area contributed by atoms with E-state index in [9.17, 15) is 9.59 Å². The summed E-state index contributed by atoms with van der Waals surface area (Å²) in [6.07, 6.45) is 0.659. The Labute approximate surface area is 224 Å². The van der Waals surface area contributed by atoms with E-state index < -0.39 is 11.6 Å². The highest BCUT2D eigenvalue weighted by Crippen LogP contribution is 2.31. The zero-order chi connectivity index (χ0) is 26.3. The highest BCUT2D eigenvalue weighted by Gasteiger charge is 2.33. The van der Waals surface area contributed by atoms with Gasteiger partial charge >= 0.3 is 0 Å². The summed E-state index contributed by atoms with van der Waals surface area (Å²) in [6, 6.07) is 24.5. The van der Waals surface area contributed by atoms with Gasteiger partial charge in [-0.1, -0.05) is 96.9 Å². The van der Waals surface area contributed by atoms with Crippen LogP contribution in [0.5, 0.6) is 0 Å². The molecule has 0 aromatic heterocycles. The van der Waals surface area contributed by atoms with Gasteiger partial charge in [-0.05, 0) is 50.5 Å². The van der Waals surface area contributed by atoms with Gasteiger partial charge < -0.3 is 10.2 Å². The predicted molar refractivity (Wildman–Crippen MR) is 148 cm³/mol. The molecule has 0 heterocycles. The van der Waals surface area contributed by atoms with Gasteiger partial charge in [-0.3, -0.25) is 9.59 Å². The van der Waals surface area contributed by atoms with Crippen LogP contribution < -0.4 is 5.32 Å². The number of carbonyl (C=O) groups excluding carboxylic acids is 2. The largest absolute Gasteiger partial charge is 0.350 e. The Morgan fingerprint density at radius 2 is 1.33 bits per heavy atom. The quantitative estimate of drug-likeness (QED) is 0.320. The fourth-order valence-corrected chi connectivity index (χ4v) is 4.83. The number of nitrogens with one attached hydrogen (secondary N) is 1. The third-order valence-corrected chi connectivity index (χ3v) is 6.77. The molecule has 0 aliphatic heterocycles. The molecule has 3 aromatic carbocycles. The van der Waals surface area contributed by atoms with Crippen LogP contribution >= 0.6 is 23.2 Å². The second-order valence-electron chi connectivity index (χ2n) is 9.96. The molecule has 0 aliphatic carbocycles. The molecule has 0 spiro atoms. The van der Waals surface area contributed by atoms with Crippen LogP contribution in [0.15, 0.2) is 78.9 Å². The van der Waals surface area contributed by atoms with Crippen molar-refractivity contribution >= 4 is 35.0 Å². The second-order valence-corrected chi connectivity index (χ2v) is 10.8. The molecule has 0 aliphatic rings. The molecule has 0 radical (unpaired) electrons. The lowest BCUT2D eigenvalue weighted by molar-refractivity contribution is -0.142. The van der Waals surface area contributed by atoms with Crippen molar-refractivity contribution in [3.63, 3.8) is 0 Å². The molecule has 0 fully saturated rings. The van der Waals surface area contributed by atoms with Gasteiger partial charge in [0.15, 0.2) is 0 Å². The first kappa shape index (κ1) is 27.8. The Hall–Kier alpha value is -2.82. The standard InChI is InChI=1S/C30H34Cl2N2O2/c1-5-27(29(36)33-30(2,3)4)34(20-24-25(31)17-12-18-26(24)32)28(35)19-23(21-13-8-6-9-14-21)22-15-10-7-11-16-22/h6-18,23,27H,5,19-20H2,1-4H3,(H,33,36)/t27-/m0/s1. The van der Waals surface area contributed by atoms with Crippen LogP contribution in [-0.4, -0.2) is 28.3 Å². The van der Waals surface area contributed by atoms with Crippen LogP contribution in [0, 0.1) is 0 Å². The molecule has 0 saturated heterocycles. The van der Waals surface area contributed by atoms with Crippen LogP contribution in [0.2, 0.25) is 10.0 Å². The maximum atomic E-state index is 14.1. The Bertz CT molecular complexity index is 1100. The number of benzene rings is 3. The zero-order valence-corrected chi connectivity index (χ0v) is 22.8. The second kappa shape index (κ2) is 12.4. The maximum Gasteiger partial charge on any atom is 0.243 e. The van der Waals surface area contributed by atoms with Gasteiger partial charge in [-0.2, -0.15) is 0 Å². The lowest BCUT2D eigenvalue weighted by atomic mass is 9.88. The van der Waals surface area contributed by atoms with E-state index in [-0.39, 0.29) is 30.7 Å². The molecule has 190 valence electrons. The lowest BCUT2D eigenvalue weighted by Gasteiger charge is -2.34. The van der Waals surface area contributed by atoms with Gasteiger partial charge in [-0.15, -0.1) is 0 Å². The Kier molecular flexibility index (Phi) is 9.58. The van der Waals surface area contributed by atoms with Gasteiger partial charge in [-0.25, -0.2) is 0 Å². The van der Waals surface area contributed by atoms with Gasteiger partial charge in [0.1, 0.15) is 6.04 Å². The van der Waals surface area contributed by atoms with E-state index in [0.717, 1.165) is 11.1 Å². The zero-order valence-electron chi connectivity index (χ0n) is 21.3. The fraction of sp³-hybridized carbons (Fsp3) is 0.333. The van der Waals surface area contributed by atoms with Gasteiger partial charge in [0.25, 0.3) is 0 Å². The minimum Gasteiger partial charge on any atom is -0.350 e. The van der Waals surface area contributed by atoms with E-state index >= 15 is 0 Å². The number of hydrogen-bond acceptors (Lipinski definition) is 2. The number of halogens is 2.